The number of benzene rings is 1. The third-order valence-corrected chi connectivity index (χ3v) is 4.95. The number of hydrogen-bond acceptors (Lipinski definition) is 4. The zero-order valence-corrected chi connectivity index (χ0v) is 13.8. The first-order valence-electron chi connectivity index (χ1n) is 6.81. The maximum Gasteiger partial charge on any atom is 0.124 e. The first-order valence-corrected chi connectivity index (χ1v) is 8.49. The quantitative estimate of drug-likeness (QED) is 0.835. The largest absolute Gasteiger partial charge is 0.368 e. The van der Waals surface area contributed by atoms with E-state index >= 15 is 0 Å². The van der Waals surface area contributed by atoms with Crippen LogP contribution in [0.15, 0.2) is 34.1 Å². The fourth-order valence-corrected chi connectivity index (χ4v) is 3.62. The lowest BCUT2D eigenvalue weighted by Crippen LogP contribution is -2.37. The molecule has 0 amide bonds. The minimum absolute atomic E-state index is 0.120. The molecule has 2 heterocycles. The van der Waals surface area contributed by atoms with Crippen molar-refractivity contribution in [2.75, 3.05) is 26.2 Å². The zero-order valence-electron chi connectivity index (χ0n) is 11.4. The number of ether oxygens (including phenoxy) is 1. The van der Waals surface area contributed by atoms with Gasteiger partial charge in [0.15, 0.2) is 0 Å². The molecule has 0 N–H and O–H groups in total. The molecule has 3 nitrogen and oxygen atoms in total. The lowest BCUT2D eigenvalue weighted by Gasteiger charge is -2.30. The van der Waals surface area contributed by atoms with Crippen LogP contribution in [0.3, 0.4) is 0 Å². The summed E-state index contributed by atoms with van der Waals surface area (Å²) in [6.45, 7) is 6.03. The van der Waals surface area contributed by atoms with Gasteiger partial charge in [0.25, 0.3) is 0 Å². The molecular formula is C15H17BrN2OS. The molecule has 0 bridgehead atoms. The van der Waals surface area contributed by atoms with Gasteiger partial charge < -0.3 is 4.74 Å². The highest BCUT2D eigenvalue weighted by atomic mass is 79.9. The highest BCUT2D eigenvalue weighted by molar-refractivity contribution is 9.10. The average molecular weight is 353 g/mol. The van der Waals surface area contributed by atoms with E-state index in [0.29, 0.717) is 0 Å². The highest BCUT2D eigenvalue weighted by Crippen LogP contribution is 2.30. The second-order valence-corrected chi connectivity index (χ2v) is 6.64. The molecule has 1 atom stereocenters. The molecule has 1 aromatic carbocycles. The number of rotatable bonds is 3. The van der Waals surface area contributed by atoms with Crippen LogP contribution in [0.2, 0.25) is 0 Å². The van der Waals surface area contributed by atoms with Gasteiger partial charge in [0, 0.05) is 28.5 Å². The molecule has 0 aliphatic carbocycles. The molecular weight excluding hydrogens is 336 g/mol. The number of morpholine rings is 1. The van der Waals surface area contributed by atoms with Gasteiger partial charge in [-0.05, 0) is 18.7 Å². The van der Waals surface area contributed by atoms with E-state index in [-0.39, 0.29) is 6.10 Å². The summed E-state index contributed by atoms with van der Waals surface area (Å²) < 4.78 is 6.95. The van der Waals surface area contributed by atoms with Gasteiger partial charge in [-0.1, -0.05) is 35.0 Å². The van der Waals surface area contributed by atoms with Crippen molar-refractivity contribution in [3.63, 3.8) is 0 Å². The minimum Gasteiger partial charge on any atom is -0.368 e. The van der Waals surface area contributed by atoms with Crippen LogP contribution in [0.4, 0.5) is 0 Å². The molecule has 1 saturated heterocycles. The third kappa shape index (κ3) is 3.11. The van der Waals surface area contributed by atoms with Crippen LogP contribution < -0.4 is 0 Å². The van der Waals surface area contributed by atoms with Crippen molar-refractivity contribution in [2.24, 2.45) is 0 Å². The van der Waals surface area contributed by atoms with Gasteiger partial charge in [0.2, 0.25) is 0 Å². The Bertz CT molecular complexity index is 587. The fraction of sp³-hybridized carbons (Fsp3) is 0.400. The summed E-state index contributed by atoms with van der Waals surface area (Å²) >= 11 is 5.20. The number of halogens is 1. The summed E-state index contributed by atoms with van der Waals surface area (Å²) in [5, 5.41) is 3.20. The summed E-state index contributed by atoms with van der Waals surface area (Å²) in [6, 6.07) is 8.25. The molecule has 5 heteroatoms. The van der Waals surface area contributed by atoms with E-state index in [1.54, 1.807) is 11.3 Å². The molecule has 0 spiro atoms. The predicted octanol–water partition coefficient (Wildman–Crippen LogP) is 3.97. The molecule has 1 fully saturated rings. The van der Waals surface area contributed by atoms with Crippen molar-refractivity contribution in [3.05, 3.63) is 39.1 Å². The Morgan fingerprint density at radius 3 is 3.20 bits per heavy atom. The van der Waals surface area contributed by atoms with Crippen LogP contribution >= 0.6 is 27.3 Å². The van der Waals surface area contributed by atoms with Crippen molar-refractivity contribution < 1.29 is 4.74 Å². The van der Waals surface area contributed by atoms with Crippen LogP contribution in [0.5, 0.6) is 0 Å². The van der Waals surface area contributed by atoms with Crippen molar-refractivity contribution in [1.29, 1.82) is 0 Å². The first kappa shape index (κ1) is 14.2. The molecule has 1 aliphatic rings. The van der Waals surface area contributed by atoms with E-state index in [0.717, 1.165) is 47.0 Å². The zero-order chi connectivity index (χ0) is 13.9. The standard InChI is InChI=1S/C15H17BrN2OS/c1-2-18-6-7-19-14(9-18)15-17-13(10-20-15)11-4-3-5-12(16)8-11/h3-5,8,10,14H,2,6-7,9H2,1H3. The van der Waals surface area contributed by atoms with E-state index in [1.807, 2.05) is 12.1 Å². The number of hydrogen-bond donors (Lipinski definition) is 0. The van der Waals surface area contributed by atoms with Gasteiger partial charge in [-0.15, -0.1) is 11.3 Å². The number of aromatic nitrogens is 1. The average Bonchev–Trinajstić information content (AvgIpc) is 2.97. The number of nitrogens with zero attached hydrogens (tertiary/aromatic N) is 2. The maximum atomic E-state index is 5.87. The van der Waals surface area contributed by atoms with Crippen LogP contribution in [-0.4, -0.2) is 36.1 Å². The molecule has 1 unspecified atom stereocenters. The molecule has 0 saturated carbocycles. The van der Waals surface area contributed by atoms with Gasteiger partial charge in [0.05, 0.1) is 12.3 Å². The van der Waals surface area contributed by atoms with Crippen LogP contribution in [0.1, 0.15) is 18.0 Å². The summed E-state index contributed by atoms with van der Waals surface area (Å²) in [5.41, 5.74) is 2.17. The Labute approximate surface area is 131 Å². The van der Waals surface area contributed by atoms with E-state index in [4.69, 9.17) is 9.72 Å². The van der Waals surface area contributed by atoms with E-state index < -0.39 is 0 Å². The van der Waals surface area contributed by atoms with Gasteiger partial charge >= 0.3 is 0 Å². The smallest absolute Gasteiger partial charge is 0.124 e. The summed E-state index contributed by atoms with van der Waals surface area (Å²) in [4.78, 5) is 7.17. The SMILES string of the molecule is CCN1CCOC(c2nc(-c3cccc(Br)c3)cs2)C1. The molecule has 3 rings (SSSR count). The maximum absolute atomic E-state index is 5.87. The predicted molar refractivity (Wildman–Crippen MR) is 86.1 cm³/mol. The lowest BCUT2D eigenvalue weighted by molar-refractivity contribution is -0.0282. The molecule has 2 aromatic rings. The summed E-state index contributed by atoms with van der Waals surface area (Å²) in [6.07, 6.45) is 0.120. The van der Waals surface area contributed by atoms with Crippen molar-refractivity contribution >= 4 is 27.3 Å². The molecule has 106 valence electrons. The third-order valence-electron chi connectivity index (χ3n) is 3.52. The Morgan fingerprint density at radius 2 is 2.40 bits per heavy atom. The Kier molecular flexibility index (Phi) is 4.51. The molecule has 1 aromatic heterocycles. The van der Waals surface area contributed by atoms with Crippen molar-refractivity contribution in [1.82, 2.24) is 9.88 Å². The number of likely N-dealkylation sites (N-methyl/N-ethyl adjacent to an activating group) is 1. The lowest BCUT2D eigenvalue weighted by atomic mass is 10.2. The van der Waals surface area contributed by atoms with Gasteiger partial charge in [-0.25, -0.2) is 4.98 Å². The summed E-state index contributed by atoms with van der Waals surface area (Å²) in [7, 11) is 0. The minimum atomic E-state index is 0.120. The van der Waals surface area contributed by atoms with E-state index in [2.05, 4.69) is 45.3 Å². The highest BCUT2D eigenvalue weighted by Gasteiger charge is 2.23. The van der Waals surface area contributed by atoms with Crippen LogP contribution in [0.25, 0.3) is 11.3 Å². The van der Waals surface area contributed by atoms with Crippen LogP contribution in [0, 0.1) is 0 Å². The summed E-state index contributed by atoms with van der Waals surface area (Å²) in [5.74, 6) is 0. The Morgan fingerprint density at radius 1 is 1.50 bits per heavy atom. The van der Waals surface area contributed by atoms with Crippen molar-refractivity contribution in [2.45, 2.75) is 13.0 Å². The molecule has 0 radical (unpaired) electrons. The second kappa shape index (κ2) is 6.35. The van der Waals surface area contributed by atoms with Crippen molar-refractivity contribution in [3.8, 4) is 11.3 Å². The topological polar surface area (TPSA) is 25.4 Å². The normalized spacial score (nSPS) is 20.2. The Hall–Kier alpha value is -0.750. The molecule has 1 aliphatic heterocycles. The van der Waals surface area contributed by atoms with Gasteiger partial charge in [0.1, 0.15) is 11.1 Å². The van der Waals surface area contributed by atoms with Gasteiger partial charge in [-0.3, -0.25) is 4.90 Å². The fourth-order valence-electron chi connectivity index (χ4n) is 2.36. The Balaban J connectivity index is 1.80. The van der Waals surface area contributed by atoms with Gasteiger partial charge in [-0.2, -0.15) is 0 Å². The molecule has 20 heavy (non-hydrogen) atoms. The van der Waals surface area contributed by atoms with Crippen LogP contribution in [-0.2, 0) is 4.74 Å². The van der Waals surface area contributed by atoms with E-state index in [1.165, 1.54) is 0 Å². The number of thiazole rings is 1. The first-order chi connectivity index (χ1) is 9.76. The second-order valence-electron chi connectivity index (χ2n) is 4.83. The van der Waals surface area contributed by atoms with E-state index in [9.17, 15) is 0 Å². The monoisotopic (exact) mass is 352 g/mol.